The van der Waals surface area contributed by atoms with Gasteiger partial charge >= 0.3 is 0 Å². The van der Waals surface area contributed by atoms with E-state index in [1.807, 2.05) is 7.05 Å². The van der Waals surface area contributed by atoms with Gasteiger partial charge in [0.2, 0.25) is 0 Å². The molecule has 80 valence electrons. The highest BCUT2D eigenvalue weighted by atomic mass is 35.5. The van der Waals surface area contributed by atoms with Gasteiger partial charge in [-0.15, -0.1) is 0 Å². The van der Waals surface area contributed by atoms with Crippen molar-refractivity contribution in [1.29, 1.82) is 0 Å². The van der Waals surface area contributed by atoms with Gasteiger partial charge in [0.15, 0.2) is 11.4 Å². The third-order valence-electron chi connectivity index (χ3n) is 2.84. The molecule has 1 aliphatic rings. The highest BCUT2D eigenvalue weighted by Crippen LogP contribution is 2.27. The largest absolute Gasteiger partial charge is 0.355 e. The van der Waals surface area contributed by atoms with E-state index in [-0.39, 0.29) is 10.8 Å². The lowest BCUT2D eigenvalue weighted by Gasteiger charge is -2.35. The quantitative estimate of drug-likeness (QED) is 0.738. The molecule has 1 saturated carbocycles. The molecule has 0 aliphatic heterocycles. The first-order chi connectivity index (χ1) is 7.22. The van der Waals surface area contributed by atoms with Crippen molar-refractivity contribution in [3.63, 3.8) is 0 Å². The highest BCUT2D eigenvalue weighted by Gasteiger charge is 2.23. The molecule has 0 bridgehead atoms. The molecule has 1 aromatic heterocycles. The monoisotopic (exact) mass is 225 g/mol. The Morgan fingerprint density at radius 1 is 1.60 bits per heavy atom. The maximum Gasteiger partial charge on any atom is 0.171 e. The van der Waals surface area contributed by atoms with Crippen LogP contribution in [0, 0.1) is 0 Å². The Morgan fingerprint density at radius 3 is 2.80 bits per heavy atom. The van der Waals surface area contributed by atoms with Crippen LogP contribution < -0.4 is 4.90 Å². The van der Waals surface area contributed by atoms with Gasteiger partial charge < -0.3 is 4.90 Å². The van der Waals surface area contributed by atoms with Crippen LogP contribution in [0.1, 0.15) is 29.8 Å². The Balaban J connectivity index is 2.21. The fourth-order valence-electron chi connectivity index (χ4n) is 1.58. The molecule has 1 heterocycles. The minimum atomic E-state index is 0.175. The number of hydrogen-bond donors (Lipinski definition) is 0. The van der Waals surface area contributed by atoms with Gasteiger partial charge in [-0.25, -0.2) is 9.97 Å². The molecule has 0 atom stereocenters. The van der Waals surface area contributed by atoms with Gasteiger partial charge in [-0.1, -0.05) is 11.6 Å². The smallest absolute Gasteiger partial charge is 0.171 e. The summed E-state index contributed by atoms with van der Waals surface area (Å²) in [5.41, 5.74) is 0.197. The maximum absolute atomic E-state index is 10.5. The Labute approximate surface area is 93.3 Å². The molecule has 0 spiro atoms. The average molecular weight is 226 g/mol. The first-order valence-corrected chi connectivity index (χ1v) is 5.30. The number of halogens is 1. The summed E-state index contributed by atoms with van der Waals surface area (Å²) in [5.74, 6) is 0.732. The lowest BCUT2D eigenvalue weighted by atomic mass is 9.92. The summed E-state index contributed by atoms with van der Waals surface area (Å²) in [5, 5.41) is 0.175. The van der Waals surface area contributed by atoms with Crippen molar-refractivity contribution >= 4 is 23.7 Å². The summed E-state index contributed by atoms with van der Waals surface area (Å²) in [6.45, 7) is 0. The van der Waals surface area contributed by atoms with E-state index >= 15 is 0 Å². The topological polar surface area (TPSA) is 46.1 Å². The molecule has 0 aromatic carbocycles. The second kappa shape index (κ2) is 4.14. The van der Waals surface area contributed by atoms with Gasteiger partial charge in [0.05, 0.1) is 6.20 Å². The van der Waals surface area contributed by atoms with Gasteiger partial charge in [0, 0.05) is 13.1 Å². The first-order valence-electron chi connectivity index (χ1n) is 4.93. The summed E-state index contributed by atoms with van der Waals surface area (Å²) in [6, 6.07) is 0.539. The van der Waals surface area contributed by atoms with Gasteiger partial charge in [-0.3, -0.25) is 4.79 Å². The molecule has 1 aliphatic carbocycles. The summed E-state index contributed by atoms with van der Waals surface area (Å²) in [4.78, 5) is 20.7. The maximum atomic E-state index is 10.5. The third-order valence-corrected chi connectivity index (χ3v) is 3.12. The average Bonchev–Trinajstić information content (AvgIpc) is 2.15. The molecule has 0 radical (unpaired) electrons. The van der Waals surface area contributed by atoms with Crippen LogP contribution in [0.2, 0.25) is 5.15 Å². The second-order valence-electron chi connectivity index (χ2n) is 3.72. The molecule has 0 unspecified atom stereocenters. The standard InChI is InChI=1S/C10H12ClN3O/c1-14(7-3-2-4-7)9-5-12-8(6-15)10(11)13-9/h5-7H,2-4H2,1H3. The fourth-order valence-corrected chi connectivity index (χ4v) is 1.76. The zero-order chi connectivity index (χ0) is 10.8. The summed E-state index contributed by atoms with van der Waals surface area (Å²) in [6.07, 6.45) is 5.84. The minimum Gasteiger partial charge on any atom is -0.355 e. The number of carbonyl (C=O) groups is 1. The van der Waals surface area contributed by atoms with E-state index in [1.165, 1.54) is 19.3 Å². The molecule has 15 heavy (non-hydrogen) atoms. The Bertz CT molecular complexity index is 379. The van der Waals surface area contributed by atoms with Gasteiger partial charge in [0.25, 0.3) is 0 Å². The normalized spacial score (nSPS) is 15.9. The van der Waals surface area contributed by atoms with Crippen molar-refractivity contribution in [2.75, 3.05) is 11.9 Å². The summed E-state index contributed by atoms with van der Waals surface area (Å²) < 4.78 is 0. The lowest BCUT2D eigenvalue weighted by Crippen LogP contribution is -2.37. The van der Waals surface area contributed by atoms with E-state index in [4.69, 9.17) is 11.6 Å². The van der Waals surface area contributed by atoms with E-state index < -0.39 is 0 Å². The molecule has 2 rings (SSSR count). The molecule has 0 N–H and O–H groups in total. The van der Waals surface area contributed by atoms with Crippen LogP contribution >= 0.6 is 11.6 Å². The van der Waals surface area contributed by atoms with Crippen LogP contribution in [0.25, 0.3) is 0 Å². The Kier molecular flexibility index (Phi) is 2.86. The van der Waals surface area contributed by atoms with Gasteiger partial charge in [-0.2, -0.15) is 0 Å². The molecular weight excluding hydrogens is 214 g/mol. The van der Waals surface area contributed by atoms with Crippen molar-refractivity contribution in [3.05, 3.63) is 17.0 Å². The van der Waals surface area contributed by atoms with Crippen molar-refractivity contribution < 1.29 is 4.79 Å². The van der Waals surface area contributed by atoms with E-state index in [9.17, 15) is 4.79 Å². The van der Waals surface area contributed by atoms with E-state index in [1.54, 1.807) is 6.20 Å². The Morgan fingerprint density at radius 2 is 2.33 bits per heavy atom. The SMILES string of the molecule is CN(c1cnc(C=O)c(Cl)n1)C1CCC1. The fraction of sp³-hybridized carbons (Fsp3) is 0.500. The number of carbonyl (C=O) groups excluding carboxylic acids is 1. The van der Waals surface area contributed by atoms with Crippen molar-refractivity contribution in [2.45, 2.75) is 25.3 Å². The number of hydrogen-bond acceptors (Lipinski definition) is 4. The van der Waals surface area contributed by atoms with Crippen LogP contribution in [0.3, 0.4) is 0 Å². The van der Waals surface area contributed by atoms with Crippen molar-refractivity contribution in [2.24, 2.45) is 0 Å². The van der Waals surface area contributed by atoms with E-state index in [0.29, 0.717) is 12.3 Å². The summed E-state index contributed by atoms with van der Waals surface area (Å²) >= 11 is 5.81. The van der Waals surface area contributed by atoms with Crippen LogP contribution in [0.4, 0.5) is 5.82 Å². The zero-order valence-electron chi connectivity index (χ0n) is 8.48. The third kappa shape index (κ3) is 1.95. The molecule has 0 saturated heterocycles. The number of aromatic nitrogens is 2. The predicted octanol–water partition coefficient (Wildman–Crippen LogP) is 1.93. The molecule has 5 heteroatoms. The van der Waals surface area contributed by atoms with Gasteiger partial charge in [0.1, 0.15) is 11.5 Å². The Hall–Kier alpha value is -1.16. The van der Waals surface area contributed by atoms with Crippen LogP contribution in [-0.4, -0.2) is 29.3 Å². The van der Waals surface area contributed by atoms with E-state index in [2.05, 4.69) is 14.9 Å². The van der Waals surface area contributed by atoms with E-state index in [0.717, 1.165) is 5.82 Å². The van der Waals surface area contributed by atoms with Gasteiger partial charge in [-0.05, 0) is 19.3 Å². The first kappa shape index (κ1) is 10.4. The predicted molar refractivity (Wildman–Crippen MR) is 58.5 cm³/mol. The number of anilines is 1. The van der Waals surface area contributed by atoms with Crippen LogP contribution in [-0.2, 0) is 0 Å². The highest BCUT2D eigenvalue weighted by molar-refractivity contribution is 6.31. The number of aldehydes is 1. The minimum absolute atomic E-state index is 0.175. The lowest BCUT2D eigenvalue weighted by molar-refractivity contribution is 0.111. The number of rotatable bonds is 3. The molecule has 1 fully saturated rings. The molecular formula is C10H12ClN3O. The van der Waals surface area contributed by atoms with Crippen molar-refractivity contribution in [3.8, 4) is 0 Å². The second-order valence-corrected chi connectivity index (χ2v) is 4.08. The van der Waals surface area contributed by atoms with Crippen molar-refractivity contribution in [1.82, 2.24) is 9.97 Å². The molecule has 4 nitrogen and oxygen atoms in total. The molecule has 0 amide bonds. The zero-order valence-corrected chi connectivity index (χ0v) is 9.24. The number of nitrogens with zero attached hydrogens (tertiary/aromatic N) is 3. The van der Waals surface area contributed by atoms with Crippen LogP contribution in [0.5, 0.6) is 0 Å². The molecule has 1 aromatic rings. The summed E-state index contributed by atoms with van der Waals surface area (Å²) in [7, 11) is 1.98. The van der Waals surface area contributed by atoms with Crippen LogP contribution in [0.15, 0.2) is 6.20 Å².